The molecule has 15 heteroatoms. The van der Waals surface area contributed by atoms with Crippen molar-refractivity contribution in [2.75, 3.05) is 43.0 Å². The van der Waals surface area contributed by atoms with Gasteiger partial charge in [-0.3, -0.25) is 4.72 Å². The van der Waals surface area contributed by atoms with Gasteiger partial charge in [-0.25, -0.2) is 18.0 Å². The van der Waals surface area contributed by atoms with Crippen LogP contribution >= 0.6 is 11.6 Å². The van der Waals surface area contributed by atoms with Crippen molar-refractivity contribution in [1.29, 1.82) is 0 Å². The zero-order chi connectivity index (χ0) is 26.4. The fourth-order valence-corrected chi connectivity index (χ4v) is 4.28. The largest absolute Gasteiger partial charge is 0.495 e. The first kappa shape index (κ1) is 28.0. The molecule has 1 aliphatic rings. The minimum Gasteiger partial charge on any atom is -0.495 e. The van der Waals surface area contributed by atoms with Gasteiger partial charge in [0.15, 0.2) is 0 Å². The summed E-state index contributed by atoms with van der Waals surface area (Å²) >= 11 is 6.00. The minimum atomic E-state index is -5.08. The van der Waals surface area contributed by atoms with Gasteiger partial charge in [-0.15, -0.1) is 0 Å². The molecule has 0 spiro atoms. The number of carboxylic acids is 2. The third kappa shape index (κ3) is 7.63. The maximum Gasteiger partial charge on any atom is 0.490 e. The summed E-state index contributed by atoms with van der Waals surface area (Å²) in [7, 11) is -2.53. The molecule has 1 heterocycles. The van der Waals surface area contributed by atoms with Crippen LogP contribution in [0.15, 0.2) is 41.3 Å². The summed E-state index contributed by atoms with van der Waals surface area (Å²) < 4.78 is 69.7. The Morgan fingerprint density at radius 3 is 2.20 bits per heavy atom. The predicted molar refractivity (Wildman–Crippen MR) is 119 cm³/mol. The van der Waals surface area contributed by atoms with Crippen molar-refractivity contribution >= 4 is 44.9 Å². The molecule has 1 saturated heterocycles. The Kier molecular flexibility index (Phi) is 9.18. The topological polar surface area (TPSA) is 142 Å². The van der Waals surface area contributed by atoms with Crippen LogP contribution < -0.4 is 14.4 Å². The van der Waals surface area contributed by atoms with Gasteiger partial charge in [0.05, 0.1) is 41.5 Å². The van der Waals surface area contributed by atoms with E-state index < -0.39 is 28.1 Å². The van der Waals surface area contributed by atoms with Gasteiger partial charge < -0.3 is 24.6 Å². The summed E-state index contributed by atoms with van der Waals surface area (Å²) in [4.78, 5) is 22.4. The highest BCUT2D eigenvalue weighted by atomic mass is 35.5. The normalized spacial score (nSPS) is 13.9. The molecule has 1 aliphatic heterocycles. The van der Waals surface area contributed by atoms with Gasteiger partial charge in [0.25, 0.3) is 10.0 Å². The number of alkyl halides is 3. The van der Waals surface area contributed by atoms with Gasteiger partial charge in [0.1, 0.15) is 5.75 Å². The highest BCUT2D eigenvalue weighted by molar-refractivity contribution is 7.92. The van der Waals surface area contributed by atoms with Crippen LogP contribution in [0.25, 0.3) is 0 Å². The van der Waals surface area contributed by atoms with Gasteiger partial charge in [0, 0.05) is 18.8 Å². The van der Waals surface area contributed by atoms with Crippen LogP contribution in [0.4, 0.5) is 24.5 Å². The Morgan fingerprint density at radius 1 is 1.11 bits per heavy atom. The molecule has 0 radical (unpaired) electrons. The summed E-state index contributed by atoms with van der Waals surface area (Å²) in [6, 6.07) is 8.49. The summed E-state index contributed by atoms with van der Waals surface area (Å²) in [5.41, 5.74) is 0.669. The SMILES string of the molecule is COc1ccc(S(=O)(=O)Nc2ccc(N3CCOCC3)c(C(=O)O)c2)cc1Cl.O=C(O)C(F)(F)F. The molecule has 35 heavy (non-hydrogen) atoms. The third-order valence-electron chi connectivity index (χ3n) is 4.51. The Labute approximate surface area is 202 Å². The van der Waals surface area contributed by atoms with Crippen LogP contribution in [-0.4, -0.2) is 70.2 Å². The standard InChI is InChI=1S/C18H19ClN2O6S.C2HF3O2/c1-26-17-5-3-13(11-15(17)19)28(24,25)20-12-2-4-16(14(10-12)18(22)23)21-6-8-27-9-7-21;3-2(4,5)1(6)7/h2-5,10-11,20H,6-9H2,1H3,(H,22,23);(H,6,7). The lowest BCUT2D eigenvalue weighted by molar-refractivity contribution is -0.192. The van der Waals surface area contributed by atoms with Crippen LogP contribution in [0, 0.1) is 0 Å². The number of benzene rings is 2. The lowest BCUT2D eigenvalue weighted by atomic mass is 10.1. The van der Waals surface area contributed by atoms with Crippen LogP contribution in [0.1, 0.15) is 10.4 Å². The Bertz CT molecular complexity index is 1190. The zero-order valence-electron chi connectivity index (χ0n) is 18.0. The van der Waals surface area contributed by atoms with E-state index in [4.69, 9.17) is 31.0 Å². The average Bonchev–Trinajstić information content (AvgIpc) is 2.79. The van der Waals surface area contributed by atoms with Crippen molar-refractivity contribution in [2.24, 2.45) is 0 Å². The van der Waals surface area contributed by atoms with Crippen molar-refractivity contribution < 1.29 is 50.9 Å². The fourth-order valence-electron chi connectivity index (χ4n) is 2.88. The van der Waals surface area contributed by atoms with E-state index in [2.05, 4.69) is 4.72 Å². The second-order valence-corrected chi connectivity index (χ2v) is 8.93. The zero-order valence-corrected chi connectivity index (χ0v) is 19.6. The summed E-state index contributed by atoms with van der Waals surface area (Å²) in [6.45, 7) is 2.14. The van der Waals surface area contributed by atoms with Crippen LogP contribution in [0.3, 0.4) is 0 Å². The smallest absolute Gasteiger partial charge is 0.490 e. The minimum absolute atomic E-state index is 0.00913. The fraction of sp³-hybridized carbons (Fsp3) is 0.300. The summed E-state index contributed by atoms with van der Waals surface area (Å²) in [5, 5.41) is 16.8. The number of carbonyl (C=O) groups is 2. The van der Waals surface area contributed by atoms with E-state index >= 15 is 0 Å². The van der Waals surface area contributed by atoms with Crippen molar-refractivity contribution in [2.45, 2.75) is 11.1 Å². The number of rotatable bonds is 6. The van der Waals surface area contributed by atoms with Crippen LogP contribution in [0.5, 0.6) is 5.75 Å². The number of halogens is 4. The molecule has 192 valence electrons. The molecule has 3 rings (SSSR count). The number of nitrogens with one attached hydrogen (secondary N) is 1. The number of ether oxygens (including phenoxy) is 2. The van der Waals surface area contributed by atoms with E-state index in [0.29, 0.717) is 37.7 Å². The molecule has 0 amide bonds. The third-order valence-corrected chi connectivity index (χ3v) is 6.18. The Hall–Kier alpha value is -3.23. The first-order chi connectivity index (χ1) is 16.3. The molecule has 3 N–H and O–H groups in total. The maximum atomic E-state index is 12.6. The van der Waals surface area contributed by atoms with Gasteiger partial charge in [0.2, 0.25) is 0 Å². The molecule has 0 atom stereocenters. The van der Waals surface area contributed by atoms with E-state index in [-0.39, 0.29) is 21.2 Å². The number of hydrogen-bond donors (Lipinski definition) is 3. The van der Waals surface area contributed by atoms with Crippen LogP contribution in [0.2, 0.25) is 5.02 Å². The van der Waals surface area contributed by atoms with Crippen molar-refractivity contribution in [3.8, 4) is 5.75 Å². The highest BCUT2D eigenvalue weighted by Gasteiger charge is 2.38. The van der Waals surface area contributed by atoms with Crippen molar-refractivity contribution in [3.05, 3.63) is 47.0 Å². The van der Waals surface area contributed by atoms with Gasteiger partial charge in [-0.1, -0.05) is 11.6 Å². The van der Waals surface area contributed by atoms with E-state index in [0.717, 1.165) is 0 Å². The molecular weight excluding hydrogens is 521 g/mol. The van der Waals surface area contributed by atoms with Crippen molar-refractivity contribution in [1.82, 2.24) is 0 Å². The van der Waals surface area contributed by atoms with Crippen LogP contribution in [-0.2, 0) is 19.6 Å². The molecule has 0 aromatic heterocycles. The molecule has 10 nitrogen and oxygen atoms in total. The summed E-state index contributed by atoms with van der Waals surface area (Å²) in [6.07, 6.45) is -5.08. The number of carboxylic acid groups (broad SMARTS) is 2. The number of morpholine rings is 1. The number of aliphatic carboxylic acids is 1. The van der Waals surface area contributed by atoms with E-state index in [1.165, 1.54) is 37.4 Å². The average molecular weight is 541 g/mol. The molecule has 0 unspecified atom stereocenters. The number of sulfonamides is 1. The molecule has 1 fully saturated rings. The molecule has 0 bridgehead atoms. The molecule has 2 aromatic rings. The molecule has 2 aromatic carbocycles. The first-order valence-corrected chi connectivity index (χ1v) is 11.5. The van der Waals surface area contributed by atoms with E-state index in [1.54, 1.807) is 6.07 Å². The molecular formula is C20H20ClF3N2O8S. The molecule has 0 aliphatic carbocycles. The Morgan fingerprint density at radius 2 is 1.71 bits per heavy atom. The first-order valence-electron chi connectivity index (χ1n) is 9.62. The number of hydrogen-bond acceptors (Lipinski definition) is 7. The number of anilines is 2. The van der Waals surface area contributed by atoms with Gasteiger partial charge in [-0.2, -0.15) is 13.2 Å². The lowest BCUT2D eigenvalue weighted by Crippen LogP contribution is -2.37. The number of methoxy groups -OCH3 is 1. The van der Waals surface area contributed by atoms with Crippen molar-refractivity contribution in [3.63, 3.8) is 0 Å². The molecule has 0 saturated carbocycles. The monoisotopic (exact) mass is 540 g/mol. The Balaban J connectivity index is 0.000000540. The number of nitrogens with zero attached hydrogens (tertiary/aromatic N) is 1. The van der Waals surface area contributed by atoms with Gasteiger partial charge in [-0.05, 0) is 36.4 Å². The van der Waals surface area contributed by atoms with Gasteiger partial charge >= 0.3 is 18.1 Å². The predicted octanol–water partition coefficient (Wildman–Crippen LogP) is 3.32. The second-order valence-electron chi connectivity index (χ2n) is 6.84. The second kappa shape index (κ2) is 11.5. The number of aromatic carboxylic acids is 1. The maximum absolute atomic E-state index is 12.6. The summed E-state index contributed by atoms with van der Waals surface area (Å²) in [5.74, 6) is -3.55. The highest BCUT2D eigenvalue weighted by Crippen LogP contribution is 2.30. The lowest BCUT2D eigenvalue weighted by Gasteiger charge is -2.30. The van der Waals surface area contributed by atoms with E-state index in [9.17, 15) is 31.5 Å². The van der Waals surface area contributed by atoms with E-state index in [1.807, 2.05) is 4.90 Å². The quantitative estimate of drug-likeness (QED) is 0.503.